The van der Waals surface area contributed by atoms with E-state index in [1.807, 2.05) is 0 Å². The molecule has 0 saturated heterocycles. The largest absolute Gasteiger partial charge is 0.283 e. The molecular weight excluding hydrogens is 593 g/mol. The summed E-state index contributed by atoms with van der Waals surface area (Å²) in [6.45, 7) is 2.30. The van der Waals surface area contributed by atoms with Gasteiger partial charge in [-0.15, -0.1) is 0 Å². The van der Waals surface area contributed by atoms with Crippen molar-refractivity contribution >= 4 is 38.0 Å². The van der Waals surface area contributed by atoms with Crippen molar-refractivity contribution in [3.63, 3.8) is 0 Å². The van der Waals surface area contributed by atoms with Crippen molar-refractivity contribution in [3.8, 4) is 22.3 Å². The Kier molecular flexibility index (Phi) is 7.54. The van der Waals surface area contributed by atoms with E-state index in [9.17, 15) is 0 Å². The van der Waals surface area contributed by atoms with Crippen LogP contribution in [0.5, 0.6) is 0 Å². The average molecular weight is 633 g/mol. The van der Waals surface area contributed by atoms with Gasteiger partial charge in [-0.1, -0.05) is 146 Å². The fourth-order valence-electron chi connectivity index (χ4n) is 7.95. The highest BCUT2D eigenvalue weighted by Crippen LogP contribution is 2.36. The van der Waals surface area contributed by atoms with E-state index in [1.54, 1.807) is 0 Å². The normalized spacial score (nSPS) is 19.2. The molecule has 1 heterocycles. The Labute approximate surface area is 288 Å². The molecule has 1 aliphatic heterocycles. The lowest BCUT2D eigenvalue weighted by atomic mass is 9.89. The molecule has 0 aromatic heterocycles. The van der Waals surface area contributed by atoms with Crippen LogP contribution in [0.15, 0.2) is 175 Å². The first-order valence-corrected chi connectivity index (χ1v) is 17.6. The van der Waals surface area contributed by atoms with Gasteiger partial charge in [0.15, 0.2) is 0 Å². The van der Waals surface area contributed by atoms with Crippen LogP contribution in [0.1, 0.15) is 30.6 Å². The minimum atomic E-state index is 0.126. The van der Waals surface area contributed by atoms with Crippen LogP contribution in [0.25, 0.3) is 60.3 Å². The van der Waals surface area contributed by atoms with Crippen LogP contribution in [0, 0.1) is 5.92 Å². The Bertz CT molecular complexity index is 2350. The maximum absolute atomic E-state index is 2.57. The van der Waals surface area contributed by atoms with Gasteiger partial charge < -0.3 is 0 Å². The second-order valence-electron chi connectivity index (χ2n) is 13.7. The minimum Gasteiger partial charge on any atom is -0.283 e. The molecule has 7 aromatic carbocycles. The second-order valence-corrected chi connectivity index (χ2v) is 13.7. The summed E-state index contributed by atoms with van der Waals surface area (Å²) in [7, 11) is 0. The SMILES string of the molecule is CC1C=CC(C2C=C(c3cccc4ccccc34)[NH2+]C(c3cc(-c4cccc5ccccc45)cc(-c4cccc5ccccc45)c3)[NH2+]2)=CC1. The Balaban J connectivity index is 1.24. The maximum atomic E-state index is 2.57. The van der Waals surface area contributed by atoms with Gasteiger partial charge in [-0.25, -0.2) is 0 Å². The summed E-state index contributed by atoms with van der Waals surface area (Å²) < 4.78 is 0. The van der Waals surface area contributed by atoms with E-state index in [2.05, 4.69) is 187 Å². The summed E-state index contributed by atoms with van der Waals surface area (Å²) in [5, 5.41) is 12.7. The second kappa shape index (κ2) is 12.5. The van der Waals surface area contributed by atoms with Gasteiger partial charge >= 0.3 is 0 Å². The summed E-state index contributed by atoms with van der Waals surface area (Å²) >= 11 is 0. The van der Waals surface area contributed by atoms with Crippen LogP contribution in [0.3, 0.4) is 0 Å². The third-order valence-electron chi connectivity index (χ3n) is 10.5. The number of hydrogen-bond acceptors (Lipinski definition) is 0. The topological polar surface area (TPSA) is 33.2 Å². The molecule has 0 bridgehead atoms. The van der Waals surface area contributed by atoms with E-state index in [1.165, 1.54) is 77.0 Å². The van der Waals surface area contributed by atoms with E-state index in [0.717, 1.165) is 6.42 Å². The number of fused-ring (bicyclic) bond motifs is 3. The zero-order valence-corrected chi connectivity index (χ0v) is 27.8. The molecule has 0 radical (unpaired) electrons. The van der Waals surface area contributed by atoms with Crippen molar-refractivity contribution in [2.75, 3.05) is 0 Å². The van der Waals surface area contributed by atoms with Gasteiger partial charge in [0.2, 0.25) is 6.17 Å². The van der Waals surface area contributed by atoms with Gasteiger partial charge in [-0.2, -0.15) is 0 Å². The highest BCUT2D eigenvalue weighted by atomic mass is 15.2. The summed E-state index contributed by atoms with van der Waals surface area (Å²) in [5.41, 5.74) is 10.4. The highest BCUT2D eigenvalue weighted by Gasteiger charge is 2.34. The van der Waals surface area contributed by atoms with Crippen LogP contribution in [0.2, 0.25) is 0 Å². The van der Waals surface area contributed by atoms with E-state index >= 15 is 0 Å². The van der Waals surface area contributed by atoms with Crippen LogP contribution in [-0.2, 0) is 0 Å². The zero-order chi connectivity index (χ0) is 32.7. The summed E-state index contributed by atoms with van der Waals surface area (Å²) in [5.74, 6) is 0.580. The first-order valence-electron chi connectivity index (χ1n) is 17.6. The average Bonchev–Trinajstić information content (AvgIpc) is 3.17. The molecule has 2 nitrogen and oxygen atoms in total. The molecule has 236 valence electrons. The number of benzene rings is 7. The maximum Gasteiger partial charge on any atom is 0.242 e. The molecule has 49 heavy (non-hydrogen) atoms. The molecule has 1 aliphatic carbocycles. The Morgan fingerprint density at radius 2 is 1.06 bits per heavy atom. The molecule has 9 rings (SSSR count). The Morgan fingerprint density at radius 3 is 1.61 bits per heavy atom. The summed E-state index contributed by atoms with van der Waals surface area (Å²) in [4.78, 5) is 0. The minimum absolute atomic E-state index is 0.126. The molecule has 0 spiro atoms. The number of rotatable bonds is 5. The quantitative estimate of drug-likeness (QED) is 0.190. The third kappa shape index (κ3) is 5.59. The molecule has 4 N–H and O–H groups in total. The van der Waals surface area contributed by atoms with Crippen molar-refractivity contribution in [1.82, 2.24) is 0 Å². The van der Waals surface area contributed by atoms with Gasteiger partial charge in [-0.05, 0) is 91.2 Å². The molecule has 3 atom stereocenters. The van der Waals surface area contributed by atoms with Gasteiger partial charge in [-0.3, -0.25) is 10.6 Å². The molecule has 2 aliphatic rings. The van der Waals surface area contributed by atoms with Crippen LogP contribution < -0.4 is 10.6 Å². The number of hydrogen-bond donors (Lipinski definition) is 2. The summed E-state index contributed by atoms with van der Waals surface area (Å²) in [6, 6.07) is 53.9. The zero-order valence-electron chi connectivity index (χ0n) is 27.8. The number of nitrogens with two attached hydrogens (primary N) is 2. The van der Waals surface area contributed by atoms with Crippen molar-refractivity contribution in [2.24, 2.45) is 5.92 Å². The highest BCUT2D eigenvalue weighted by molar-refractivity contribution is 6.00. The van der Waals surface area contributed by atoms with Crippen molar-refractivity contribution in [2.45, 2.75) is 25.6 Å². The van der Waals surface area contributed by atoms with E-state index in [0.29, 0.717) is 5.92 Å². The molecule has 2 heteroatoms. The van der Waals surface area contributed by atoms with Gasteiger partial charge in [0, 0.05) is 17.2 Å². The fourth-order valence-corrected chi connectivity index (χ4v) is 7.95. The fraction of sp³-hybridized carbons (Fsp3) is 0.106. The van der Waals surface area contributed by atoms with Gasteiger partial charge in [0.05, 0.1) is 5.56 Å². The standard InChI is InChI=1S/C47H38N2/c1-31-23-25-35(26-24-31)45-30-46(44-22-10-16-34-13-4-7-19-41(34)44)49-47(48-45)38-28-36(42-20-8-14-32-11-2-5-17-39(32)42)27-37(29-38)43-21-9-15-33-12-3-6-18-40(33)43/h2-23,25-31,45,47-49H,24H2,1H3/p+2. The molecule has 3 unspecified atom stereocenters. The van der Waals surface area contributed by atoms with Crippen LogP contribution in [0.4, 0.5) is 0 Å². The smallest absolute Gasteiger partial charge is 0.242 e. The van der Waals surface area contributed by atoms with E-state index in [-0.39, 0.29) is 12.2 Å². The molecule has 0 amide bonds. The van der Waals surface area contributed by atoms with E-state index < -0.39 is 0 Å². The van der Waals surface area contributed by atoms with Gasteiger partial charge in [0.25, 0.3) is 0 Å². The molecule has 0 saturated carbocycles. The molecule has 7 aromatic rings. The lowest BCUT2D eigenvalue weighted by molar-refractivity contribution is -0.895. The van der Waals surface area contributed by atoms with Gasteiger partial charge in [0.1, 0.15) is 11.7 Å². The molecular formula is C47H40N2+2. The number of allylic oxidation sites excluding steroid dienone is 2. The first-order chi connectivity index (χ1) is 24.2. The van der Waals surface area contributed by atoms with Crippen LogP contribution in [-0.4, -0.2) is 6.04 Å². The van der Waals surface area contributed by atoms with E-state index in [4.69, 9.17) is 0 Å². The lowest BCUT2D eigenvalue weighted by Crippen LogP contribution is -3.09. The molecule has 0 fully saturated rings. The Morgan fingerprint density at radius 1 is 0.551 bits per heavy atom. The Hall–Kier alpha value is -5.54. The third-order valence-corrected chi connectivity index (χ3v) is 10.5. The van der Waals surface area contributed by atoms with Crippen molar-refractivity contribution < 1.29 is 10.6 Å². The number of quaternary nitrogens is 2. The monoisotopic (exact) mass is 632 g/mol. The van der Waals surface area contributed by atoms with Crippen molar-refractivity contribution in [1.29, 1.82) is 0 Å². The summed E-state index contributed by atoms with van der Waals surface area (Å²) in [6.07, 6.45) is 10.9. The predicted octanol–water partition coefficient (Wildman–Crippen LogP) is 9.55. The lowest BCUT2D eigenvalue weighted by Gasteiger charge is -2.28. The van der Waals surface area contributed by atoms with Crippen LogP contribution >= 0.6 is 0 Å². The van der Waals surface area contributed by atoms with Crippen molar-refractivity contribution in [3.05, 3.63) is 187 Å². The predicted molar refractivity (Wildman–Crippen MR) is 206 cm³/mol. The first kappa shape index (κ1) is 29.6.